The molecule has 0 bridgehead atoms. The summed E-state index contributed by atoms with van der Waals surface area (Å²) in [5.74, 6) is 4.19. The molecule has 0 heterocycles. The molecule has 14 heteroatoms. The van der Waals surface area contributed by atoms with E-state index in [0.717, 1.165) is 65.2 Å². The summed E-state index contributed by atoms with van der Waals surface area (Å²) in [6.07, 6.45) is 15.1. The fraction of sp³-hybridized carbons (Fsp3) is 0.563. The molecule has 4 aliphatic carbocycles. The molecule has 3 N–H and O–H groups in total. The number of allylic oxidation sites excluding steroid dienone is 1. The van der Waals surface area contributed by atoms with E-state index in [0.29, 0.717) is 69.0 Å². The second kappa shape index (κ2) is 32.1. The molecule has 460 valence electrons. The third-order valence-electron chi connectivity index (χ3n) is 19.5. The highest BCUT2D eigenvalue weighted by molar-refractivity contribution is 5.86. The van der Waals surface area contributed by atoms with Crippen LogP contribution >= 0.6 is 0 Å². The van der Waals surface area contributed by atoms with Gasteiger partial charge in [-0.3, -0.25) is 4.79 Å². The summed E-state index contributed by atoms with van der Waals surface area (Å²) >= 11 is 0. The van der Waals surface area contributed by atoms with Crippen molar-refractivity contribution in [3.63, 3.8) is 0 Å². The molecule has 0 spiro atoms. The number of unbranched alkanes of at least 4 members (excludes halogenated alkanes) is 1. The fourth-order valence-corrected chi connectivity index (χ4v) is 14.9. The van der Waals surface area contributed by atoms with Gasteiger partial charge < -0.3 is 44.7 Å². The highest BCUT2D eigenvalue weighted by atomic mass is 16.6. The number of fused-ring (bicyclic) bond motifs is 5. The van der Waals surface area contributed by atoms with Gasteiger partial charge in [-0.25, -0.2) is 19.2 Å². The lowest BCUT2D eigenvalue weighted by atomic mass is 9.47. The Morgan fingerprint density at radius 3 is 1.67 bits per heavy atom. The maximum atomic E-state index is 15.1. The van der Waals surface area contributed by atoms with Gasteiger partial charge in [-0.05, 0) is 139 Å². The number of hydrogen-bond donors (Lipinski definition) is 3. The van der Waals surface area contributed by atoms with Gasteiger partial charge >= 0.3 is 24.4 Å². The van der Waals surface area contributed by atoms with Gasteiger partial charge in [-0.2, -0.15) is 0 Å². The molecule has 0 aliphatic heterocycles. The highest BCUT2D eigenvalue weighted by Gasteiger charge is 2.59. The molecule has 0 saturated heterocycles. The lowest BCUT2D eigenvalue weighted by Crippen LogP contribution is -2.52. The number of carbonyl (C=O) groups excluding carboxylic acids is 5. The van der Waals surface area contributed by atoms with Crippen molar-refractivity contribution in [2.24, 2.45) is 46.3 Å². The van der Waals surface area contributed by atoms with Crippen LogP contribution in [0.3, 0.4) is 0 Å². The van der Waals surface area contributed by atoms with Gasteiger partial charge in [0.25, 0.3) is 0 Å². The van der Waals surface area contributed by atoms with E-state index in [1.165, 1.54) is 50.5 Å². The molecule has 9 atom stereocenters. The monoisotopic (exact) mass is 1160 g/mol. The van der Waals surface area contributed by atoms with Crippen LogP contribution in [0.4, 0.5) is 19.2 Å². The van der Waals surface area contributed by atoms with Crippen molar-refractivity contribution in [3.8, 4) is 0 Å². The average Bonchev–Trinajstić information content (AvgIpc) is 1.75. The summed E-state index contributed by atoms with van der Waals surface area (Å²) in [5, 5.41) is 8.68. The first-order valence-corrected chi connectivity index (χ1v) is 32.0. The highest BCUT2D eigenvalue weighted by Crippen LogP contribution is 2.67. The average molecular weight is 1160 g/mol. The van der Waals surface area contributed by atoms with Crippen LogP contribution in [0.15, 0.2) is 133 Å². The molecule has 0 radical (unpaired) electrons. The maximum absolute atomic E-state index is 15.1. The van der Waals surface area contributed by atoms with Crippen LogP contribution in [0.5, 0.6) is 0 Å². The first-order valence-electron chi connectivity index (χ1n) is 32.0. The Morgan fingerprint density at radius 2 is 1.09 bits per heavy atom. The first-order chi connectivity index (χ1) is 41.2. The van der Waals surface area contributed by atoms with Gasteiger partial charge in [0.2, 0.25) is 5.91 Å². The Labute approximate surface area is 506 Å². The van der Waals surface area contributed by atoms with E-state index < -0.39 is 30.4 Å². The molecule has 0 aromatic heterocycles. The Kier molecular flexibility index (Phi) is 24.2. The van der Waals surface area contributed by atoms with E-state index in [1.54, 1.807) is 9.80 Å². The number of alkyl carbamates (subject to hydrolysis) is 3. The summed E-state index contributed by atoms with van der Waals surface area (Å²) in [4.78, 5) is 71.7. The zero-order valence-electron chi connectivity index (χ0n) is 51.5. The lowest BCUT2D eigenvalue weighted by Gasteiger charge is -2.58. The number of nitrogens with zero attached hydrogens (tertiary/aromatic N) is 2. The topological polar surface area (TPSA) is 165 Å². The van der Waals surface area contributed by atoms with Crippen molar-refractivity contribution in [2.75, 3.05) is 39.3 Å². The number of ether oxygens (including phenoxy) is 4. The van der Waals surface area contributed by atoms with E-state index >= 15 is 4.79 Å². The zero-order valence-corrected chi connectivity index (χ0v) is 51.5. The first kappa shape index (κ1) is 64.2. The SMILES string of the molecule is CC(C)CCCC(C)C1CCC2C3CC=C4CC(OC(=O)NC(Cc5ccccc5)C(=O)N(CCCCN(CCCNC(=O)OCc5ccccc5)C(=O)OCc5ccccc5)CCCNC(=O)OCc5ccccc5)CCC4(C)C3CCC12C. The van der Waals surface area contributed by atoms with Crippen molar-refractivity contribution < 1.29 is 42.9 Å². The van der Waals surface area contributed by atoms with Crippen LogP contribution in [0.25, 0.3) is 0 Å². The number of nitrogens with one attached hydrogen (secondary N) is 3. The number of hydrogen-bond acceptors (Lipinski definition) is 9. The van der Waals surface area contributed by atoms with E-state index in [9.17, 15) is 19.2 Å². The van der Waals surface area contributed by atoms with Crippen molar-refractivity contribution >= 4 is 30.3 Å². The van der Waals surface area contributed by atoms with Gasteiger partial charge in [0, 0.05) is 52.1 Å². The quantitative estimate of drug-likeness (QED) is 0.0273. The Balaban J connectivity index is 0.899. The van der Waals surface area contributed by atoms with E-state index in [4.69, 9.17) is 18.9 Å². The van der Waals surface area contributed by atoms with Gasteiger partial charge in [-0.15, -0.1) is 0 Å². The van der Waals surface area contributed by atoms with E-state index in [2.05, 4.69) is 56.6 Å². The molecular formula is C71H97N5O9. The minimum atomic E-state index is -0.941. The van der Waals surface area contributed by atoms with E-state index in [1.807, 2.05) is 121 Å². The maximum Gasteiger partial charge on any atom is 0.410 e. The van der Waals surface area contributed by atoms with Gasteiger partial charge in [-0.1, -0.05) is 187 Å². The number of rotatable bonds is 29. The summed E-state index contributed by atoms with van der Waals surface area (Å²) < 4.78 is 23.0. The van der Waals surface area contributed by atoms with Crippen LogP contribution < -0.4 is 16.0 Å². The van der Waals surface area contributed by atoms with Crippen LogP contribution in [-0.4, -0.2) is 91.5 Å². The Morgan fingerprint density at radius 1 is 0.565 bits per heavy atom. The second-order valence-electron chi connectivity index (χ2n) is 25.7. The van der Waals surface area contributed by atoms with Crippen LogP contribution in [0, 0.1) is 46.3 Å². The van der Waals surface area contributed by atoms with Crippen molar-refractivity contribution in [1.29, 1.82) is 0 Å². The third kappa shape index (κ3) is 18.6. The van der Waals surface area contributed by atoms with Crippen LogP contribution in [0.1, 0.15) is 153 Å². The standard InChI is InChI=1S/C71H97N5O9/c1-52(2)23-20-24-53(3)61-35-36-62-60-34-33-58-48-59(37-39-70(58,4)63(60)38-40-71(61,62)5)85-68(80)74-64(47-54-25-10-6-11-26-54)65(77)75(45-21-41-72-66(78)82-49-55-27-12-7-13-28-55)43-18-19-44-76(69(81)84-51-57-31-16-9-17-32-57)46-22-42-73-67(79)83-50-56-29-14-8-15-30-56/h6-17,25-33,52-53,59-64H,18-24,34-51H2,1-5H3,(H,72,78)(H,73,79)(H,74,80). The van der Waals surface area contributed by atoms with Gasteiger partial charge in [0.15, 0.2) is 0 Å². The van der Waals surface area contributed by atoms with Crippen molar-refractivity contribution in [1.82, 2.24) is 25.8 Å². The Hall–Kier alpha value is -6.83. The van der Waals surface area contributed by atoms with Gasteiger partial charge in [0.05, 0.1) is 0 Å². The molecule has 3 saturated carbocycles. The Bertz CT molecular complexity index is 2750. The van der Waals surface area contributed by atoms with Gasteiger partial charge in [0.1, 0.15) is 32.0 Å². The molecule has 8 rings (SSSR count). The normalized spacial score (nSPS) is 22.9. The van der Waals surface area contributed by atoms with Crippen LogP contribution in [-0.2, 0) is 50.0 Å². The molecule has 14 nitrogen and oxygen atoms in total. The molecule has 9 unspecified atom stereocenters. The second-order valence-corrected chi connectivity index (χ2v) is 25.7. The number of amides is 5. The minimum absolute atomic E-state index is 0.0939. The summed E-state index contributed by atoms with van der Waals surface area (Å²) in [5.41, 5.74) is 5.45. The number of benzene rings is 4. The van der Waals surface area contributed by atoms with Crippen LogP contribution in [0.2, 0.25) is 0 Å². The summed E-state index contributed by atoms with van der Waals surface area (Å²) in [7, 11) is 0. The molecular weight excluding hydrogens is 1070 g/mol. The van der Waals surface area contributed by atoms with Crippen molar-refractivity contribution in [3.05, 3.63) is 155 Å². The molecule has 4 aromatic carbocycles. The van der Waals surface area contributed by atoms with Crippen molar-refractivity contribution in [2.45, 2.75) is 169 Å². The predicted octanol–water partition coefficient (Wildman–Crippen LogP) is 14.6. The largest absolute Gasteiger partial charge is 0.446 e. The molecule has 3 fully saturated rings. The number of carbonyl (C=O) groups is 5. The smallest absolute Gasteiger partial charge is 0.410 e. The summed E-state index contributed by atoms with van der Waals surface area (Å²) in [6, 6.07) is 37.1. The lowest BCUT2D eigenvalue weighted by molar-refractivity contribution is -0.133. The predicted molar refractivity (Wildman–Crippen MR) is 333 cm³/mol. The molecule has 4 aromatic rings. The molecule has 5 amide bonds. The summed E-state index contributed by atoms with van der Waals surface area (Å²) in [6.45, 7) is 14.5. The minimum Gasteiger partial charge on any atom is -0.446 e. The fourth-order valence-electron chi connectivity index (χ4n) is 14.9. The van der Waals surface area contributed by atoms with E-state index in [-0.39, 0.29) is 63.3 Å². The zero-order chi connectivity index (χ0) is 60.0. The molecule has 4 aliphatic rings. The molecule has 85 heavy (non-hydrogen) atoms. The third-order valence-corrected chi connectivity index (χ3v) is 19.5.